The molecule has 0 saturated heterocycles. The zero-order valence-electron chi connectivity index (χ0n) is 10.7. The molecule has 0 spiro atoms. The molecule has 0 aliphatic heterocycles. The molecule has 7 heteroatoms. The third-order valence-corrected chi connectivity index (χ3v) is 3.29. The minimum absolute atomic E-state index is 0.144. The fourth-order valence-electron chi connectivity index (χ4n) is 1.49. The van der Waals surface area contributed by atoms with Crippen LogP contribution < -0.4 is 0 Å². The average Bonchev–Trinajstić information content (AvgIpc) is 2.35. The van der Waals surface area contributed by atoms with Gasteiger partial charge in [0.15, 0.2) is 0 Å². The van der Waals surface area contributed by atoms with Crippen molar-refractivity contribution in [1.82, 2.24) is 4.90 Å². The second-order valence-corrected chi connectivity index (χ2v) is 5.14. The summed E-state index contributed by atoms with van der Waals surface area (Å²) in [5.41, 5.74) is 0.109. The maximum Gasteiger partial charge on any atom is 0.284 e. The predicted octanol–water partition coefficient (Wildman–Crippen LogP) is 2.20. The number of carbonyl (C=O) groups is 1. The molecule has 0 saturated carbocycles. The molecule has 1 N–H and O–H groups in total. The fraction of sp³-hybridized carbons (Fsp3) is 0.417. The van der Waals surface area contributed by atoms with Gasteiger partial charge in [-0.25, -0.2) is 0 Å². The highest BCUT2D eigenvalue weighted by molar-refractivity contribution is 9.10. The van der Waals surface area contributed by atoms with Gasteiger partial charge in [0.1, 0.15) is 0 Å². The summed E-state index contributed by atoms with van der Waals surface area (Å²) in [5, 5.41) is 20.0. The first kappa shape index (κ1) is 15.6. The van der Waals surface area contributed by atoms with Crippen molar-refractivity contribution in [2.45, 2.75) is 19.4 Å². The van der Waals surface area contributed by atoms with Crippen molar-refractivity contribution in [1.29, 1.82) is 0 Å². The quantitative estimate of drug-likeness (QED) is 0.662. The van der Waals surface area contributed by atoms with Gasteiger partial charge in [-0.15, -0.1) is 0 Å². The highest BCUT2D eigenvalue weighted by atomic mass is 79.9. The monoisotopic (exact) mass is 330 g/mol. The number of amides is 1. The summed E-state index contributed by atoms with van der Waals surface area (Å²) in [6.45, 7) is 2.03. The van der Waals surface area contributed by atoms with Crippen molar-refractivity contribution in [2.24, 2.45) is 0 Å². The Hall–Kier alpha value is -1.47. The van der Waals surface area contributed by atoms with Crippen LogP contribution in [0.25, 0.3) is 0 Å². The Labute approximate surface area is 119 Å². The summed E-state index contributed by atoms with van der Waals surface area (Å²) in [7, 11) is 1.60. The van der Waals surface area contributed by atoms with Crippen molar-refractivity contribution >= 4 is 27.5 Å². The van der Waals surface area contributed by atoms with Gasteiger partial charge in [-0.05, 0) is 41.4 Å². The van der Waals surface area contributed by atoms with E-state index in [1.165, 1.54) is 23.1 Å². The van der Waals surface area contributed by atoms with E-state index in [-0.39, 0.29) is 17.2 Å². The molecule has 0 radical (unpaired) electrons. The van der Waals surface area contributed by atoms with E-state index in [4.69, 9.17) is 0 Å². The molecule has 1 rings (SSSR count). The van der Waals surface area contributed by atoms with Crippen molar-refractivity contribution in [2.75, 3.05) is 13.6 Å². The van der Waals surface area contributed by atoms with Gasteiger partial charge >= 0.3 is 0 Å². The maximum absolute atomic E-state index is 12.0. The molecule has 6 nitrogen and oxygen atoms in total. The van der Waals surface area contributed by atoms with Crippen LogP contribution in [0.5, 0.6) is 0 Å². The molecule has 0 aliphatic carbocycles. The molecule has 1 unspecified atom stereocenters. The Balaban J connectivity index is 2.88. The molecule has 104 valence electrons. The second-order valence-electron chi connectivity index (χ2n) is 4.29. The van der Waals surface area contributed by atoms with E-state index < -0.39 is 11.0 Å². The maximum atomic E-state index is 12.0. The third kappa shape index (κ3) is 4.29. The lowest BCUT2D eigenvalue weighted by molar-refractivity contribution is -0.385. The summed E-state index contributed by atoms with van der Waals surface area (Å²) >= 11 is 3.07. The lowest BCUT2D eigenvalue weighted by Crippen LogP contribution is -2.29. The van der Waals surface area contributed by atoms with Gasteiger partial charge < -0.3 is 10.0 Å². The van der Waals surface area contributed by atoms with Gasteiger partial charge in [0.2, 0.25) is 0 Å². The van der Waals surface area contributed by atoms with Crippen LogP contribution in [0.1, 0.15) is 23.7 Å². The van der Waals surface area contributed by atoms with E-state index in [0.29, 0.717) is 17.4 Å². The average molecular weight is 331 g/mol. The van der Waals surface area contributed by atoms with E-state index in [2.05, 4.69) is 15.9 Å². The standard InChI is InChI=1S/C12H15BrN2O4/c1-8(16)5-6-14(2)12(17)9-3-4-10(13)11(7-9)15(18)19/h3-4,7-8,16H,5-6H2,1-2H3. The number of benzene rings is 1. The molecule has 0 aliphatic rings. The first-order valence-electron chi connectivity index (χ1n) is 5.70. The van der Waals surface area contributed by atoms with Gasteiger partial charge in [0.05, 0.1) is 15.5 Å². The van der Waals surface area contributed by atoms with Crippen molar-refractivity contribution in [3.8, 4) is 0 Å². The van der Waals surface area contributed by atoms with Gasteiger partial charge in [-0.1, -0.05) is 0 Å². The molecule has 0 bridgehead atoms. The van der Waals surface area contributed by atoms with E-state index in [1.54, 1.807) is 14.0 Å². The van der Waals surface area contributed by atoms with Crippen LogP contribution in [0.2, 0.25) is 0 Å². The number of hydrogen-bond acceptors (Lipinski definition) is 4. The molecule has 1 aromatic rings. The smallest absolute Gasteiger partial charge is 0.284 e. The molecule has 0 heterocycles. The van der Waals surface area contributed by atoms with Crippen molar-refractivity contribution in [3.05, 3.63) is 38.3 Å². The number of nitro benzene ring substituents is 1. The first-order valence-corrected chi connectivity index (χ1v) is 6.49. The fourth-order valence-corrected chi connectivity index (χ4v) is 1.88. The molecule has 19 heavy (non-hydrogen) atoms. The number of rotatable bonds is 5. The van der Waals surface area contributed by atoms with Crippen LogP contribution in [0, 0.1) is 10.1 Å². The normalized spacial score (nSPS) is 12.0. The summed E-state index contributed by atoms with van der Waals surface area (Å²) in [5.74, 6) is -0.309. The van der Waals surface area contributed by atoms with E-state index in [1.807, 2.05) is 0 Å². The predicted molar refractivity (Wildman–Crippen MR) is 74.1 cm³/mol. The van der Waals surface area contributed by atoms with Crippen LogP contribution >= 0.6 is 15.9 Å². The molecular formula is C12H15BrN2O4. The number of nitro groups is 1. The highest BCUT2D eigenvalue weighted by Gasteiger charge is 2.18. The van der Waals surface area contributed by atoms with E-state index >= 15 is 0 Å². The molecule has 1 atom stereocenters. The topological polar surface area (TPSA) is 83.7 Å². The SMILES string of the molecule is CC(O)CCN(C)C(=O)c1ccc(Br)c([N+](=O)[O-])c1. The van der Waals surface area contributed by atoms with Crippen LogP contribution in [0.4, 0.5) is 5.69 Å². The summed E-state index contributed by atoms with van der Waals surface area (Å²) < 4.78 is 0.334. The third-order valence-electron chi connectivity index (χ3n) is 2.62. The van der Waals surface area contributed by atoms with Crippen molar-refractivity contribution in [3.63, 3.8) is 0 Å². The number of nitrogens with zero attached hydrogens (tertiary/aromatic N) is 2. The molecule has 1 aromatic carbocycles. The summed E-state index contributed by atoms with van der Waals surface area (Å²) in [6, 6.07) is 4.25. The van der Waals surface area contributed by atoms with Gasteiger partial charge in [-0.3, -0.25) is 14.9 Å². The minimum Gasteiger partial charge on any atom is -0.393 e. The van der Waals surface area contributed by atoms with Crippen LogP contribution in [-0.4, -0.2) is 40.5 Å². The lowest BCUT2D eigenvalue weighted by Gasteiger charge is -2.18. The number of halogens is 1. The van der Waals surface area contributed by atoms with E-state index in [9.17, 15) is 20.0 Å². The van der Waals surface area contributed by atoms with Crippen LogP contribution in [0.3, 0.4) is 0 Å². The van der Waals surface area contributed by atoms with Crippen LogP contribution in [0.15, 0.2) is 22.7 Å². The van der Waals surface area contributed by atoms with Crippen molar-refractivity contribution < 1.29 is 14.8 Å². The zero-order valence-corrected chi connectivity index (χ0v) is 12.3. The number of aliphatic hydroxyl groups is 1. The van der Waals surface area contributed by atoms with E-state index in [0.717, 1.165) is 0 Å². The van der Waals surface area contributed by atoms with Gasteiger partial charge in [0.25, 0.3) is 11.6 Å². The second kappa shape index (κ2) is 6.63. The van der Waals surface area contributed by atoms with Gasteiger partial charge in [0, 0.05) is 25.2 Å². The summed E-state index contributed by atoms with van der Waals surface area (Å²) in [4.78, 5) is 23.7. The Morgan fingerprint density at radius 2 is 2.21 bits per heavy atom. The summed E-state index contributed by atoms with van der Waals surface area (Å²) in [6.07, 6.45) is -0.0320. The Bertz CT molecular complexity index is 491. The zero-order chi connectivity index (χ0) is 14.6. The molecule has 0 fully saturated rings. The Morgan fingerprint density at radius 1 is 1.58 bits per heavy atom. The Morgan fingerprint density at radius 3 is 2.74 bits per heavy atom. The lowest BCUT2D eigenvalue weighted by atomic mass is 10.1. The number of hydrogen-bond donors (Lipinski definition) is 1. The van der Waals surface area contributed by atoms with Gasteiger partial charge in [-0.2, -0.15) is 0 Å². The molecule has 0 aromatic heterocycles. The minimum atomic E-state index is -0.545. The molecular weight excluding hydrogens is 316 g/mol. The number of aliphatic hydroxyl groups excluding tert-OH is 1. The molecule has 1 amide bonds. The highest BCUT2D eigenvalue weighted by Crippen LogP contribution is 2.26. The number of carbonyl (C=O) groups excluding carboxylic acids is 1. The Kier molecular flexibility index (Phi) is 5.44. The van der Waals surface area contributed by atoms with Crippen LogP contribution in [-0.2, 0) is 0 Å². The largest absolute Gasteiger partial charge is 0.393 e. The first-order chi connectivity index (χ1) is 8.82.